The van der Waals surface area contributed by atoms with Gasteiger partial charge in [0.1, 0.15) is 5.75 Å². The second-order valence-electron chi connectivity index (χ2n) is 8.64. The summed E-state index contributed by atoms with van der Waals surface area (Å²) in [6.45, 7) is 8.55. The minimum atomic E-state index is -2.22. The first-order valence-electron chi connectivity index (χ1n) is 9.66. The first-order chi connectivity index (χ1) is 14.0. The predicted molar refractivity (Wildman–Crippen MR) is 109 cm³/mol. The zero-order chi connectivity index (χ0) is 22.3. The highest BCUT2D eigenvalue weighted by atomic mass is 16.6. The lowest BCUT2D eigenvalue weighted by Crippen LogP contribution is -2.43. The summed E-state index contributed by atoms with van der Waals surface area (Å²) in [5, 5.41) is 0. The maximum Gasteiger partial charge on any atom is 0.308 e. The molecule has 2 aromatic rings. The maximum atomic E-state index is 13.4. The number of rotatable bonds is 4. The summed E-state index contributed by atoms with van der Waals surface area (Å²) in [4.78, 5) is 50.5. The molecule has 0 fully saturated rings. The van der Waals surface area contributed by atoms with Crippen LogP contribution in [0.4, 0.5) is 0 Å². The summed E-state index contributed by atoms with van der Waals surface area (Å²) in [5.41, 5.74) is -1.04. The maximum absolute atomic E-state index is 13.4. The Kier molecular flexibility index (Phi) is 5.37. The van der Waals surface area contributed by atoms with Crippen LogP contribution in [0.5, 0.6) is 5.75 Å². The monoisotopic (exact) mass is 408 g/mol. The number of ketones is 2. The average Bonchev–Trinajstić information content (AvgIpc) is 2.83. The Bertz CT molecular complexity index is 1020. The molecule has 0 saturated heterocycles. The van der Waals surface area contributed by atoms with Crippen molar-refractivity contribution in [1.29, 1.82) is 0 Å². The highest BCUT2D eigenvalue weighted by Crippen LogP contribution is 2.45. The van der Waals surface area contributed by atoms with Crippen LogP contribution in [0.15, 0.2) is 42.5 Å². The van der Waals surface area contributed by atoms with Crippen LogP contribution >= 0.6 is 0 Å². The SMILES string of the molecule is CC(=O)Oc1cc(CC(C)(C)C)ccc1C1(OC(C)=O)C(=O)c2ccccc2C1=O. The Balaban J connectivity index is 2.25. The van der Waals surface area contributed by atoms with E-state index < -0.39 is 29.1 Å². The van der Waals surface area contributed by atoms with Gasteiger partial charge in [0.2, 0.25) is 11.6 Å². The molecular weight excluding hydrogens is 384 g/mol. The molecule has 0 spiro atoms. The molecule has 1 aliphatic carbocycles. The Morgan fingerprint density at radius 3 is 1.93 bits per heavy atom. The van der Waals surface area contributed by atoms with Gasteiger partial charge in [-0.1, -0.05) is 57.2 Å². The van der Waals surface area contributed by atoms with Crippen molar-refractivity contribution in [2.75, 3.05) is 0 Å². The molecule has 2 aromatic carbocycles. The smallest absolute Gasteiger partial charge is 0.308 e. The number of fused-ring (bicyclic) bond motifs is 1. The summed E-state index contributed by atoms with van der Waals surface area (Å²) >= 11 is 0. The van der Waals surface area contributed by atoms with E-state index in [4.69, 9.17) is 9.47 Å². The molecule has 0 saturated carbocycles. The number of hydrogen-bond acceptors (Lipinski definition) is 6. The van der Waals surface area contributed by atoms with E-state index in [0.717, 1.165) is 12.5 Å². The Morgan fingerprint density at radius 1 is 0.900 bits per heavy atom. The van der Waals surface area contributed by atoms with Crippen LogP contribution in [0.1, 0.15) is 66.5 Å². The van der Waals surface area contributed by atoms with Crippen molar-refractivity contribution >= 4 is 23.5 Å². The molecule has 0 unspecified atom stereocenters. The summed E-state index contributed by atoms with van der Waals surface area (Å²) in [7, 11) is 0. The van der Waals surface area contributed by atoms with Gasteiger partial charge in [-0.25, -0.2) is 0 Å². The first-order valence-corrected chi connectivity index (χ1v) is 9.66. The lowest BCUT2D eigenvalue weighted by Gasteiger charge is -2.28. The third kappa shape index (κ3) is 3.77. The van der Waals surface area contributed by atoms with Gasteiger partial charge >= 0.3 is 11.9 Å². The Hall–Kier alpha value is -3.28. The van der Waals surface area contributed by atoms with Crippen molar-refractivity contribution < 1.29 is 28.7 Å². The standard InChI is InChI=1S/C24H24O6/c1-14(25)29-20-12-16(13-23(3,4)5)10-11-19(20)24(30-15(2)26)21(27)17-8-6-7-9-18(17)22(24)28/h6-12H,13H2,1-5H3. The summed E-state index contributed by atoms with van der Waals surface area (Å²) < 4.78 is 10.8. The third-order valence-corrected chi connectivity index (χ3v) is 4.77. The Labute approximate surface area is 175 Å². The largest absolute Gasteiger partial charge is 0.437 e. The minimum absolute atomic E-state index is 0.0278. The van der Waals surface area contributed by atoms with Gasteiger partial charge in [0, 0.05) is 25.0 Å². The van der Waals surface area contributed by atoms with E-state index in [-0.39, 0.29) is 27.9 Å². The molecule has 0 heterocycles. The molecule has 3 rings (SSSR count). The molecule has 6 heteroatoms. The fourth-order valence-corrected chi connectivity index (χ4v) is 3.79. The van der Waals surface area contributed by atoms with Crippen molar-refractivity contribution in [2.45, 2.75) is 46.6 Å². The molecule has 0 bridgehead atoms. The highest BCUT2D eigenvalue weighted by Gasteiger charge is 2.58. The van der Waals surface area contributed by atoms with E-state index in [0.29, 0.717) is 6.42 Å². The van der Waals surface area contributed by atoms with Gasteiger partial charge in [-0.15, -0.1) is 0 Å². The van der Waals surface area contributed by atoms with Crippen LogP contribution in [0.25, 0.3) is 0 Å². The molecule has 156 valence electrons. The van der Waals surface area contributed by atoms with Crippen molar-refractivity contribution in [3.8, 4) is 5.75 Å². The molecule has 0 radical (unpaired) electrons. The number of Topliss-reactive ketones (excluding diaryl/α,β-unsaturated/α-hetero) is 2. The van der Waals surface area contributed by atoms with Crippen molar-refractivity contribution in [2.24, 2.45) is 5.41 Å². The number of carbonyl (C=O) groups excluding carboxylic acids is 4. The average molecular weight is 408 g/mol. The normalized spacial score (nSPS) is 15.0. The molecule has 0 atom stereocenters. The van der Waals surface area contributed by atoms with E-state index in [9.17, 15) is 19.2 Å². The molecule has 30 heavy (non-hydrogen) atoms. The minimum Gasteiger partial charge on any atom is -0.437 e. The zero-order valence-electron chi connectivity index (χ0n) is 17.7. The van der Waals surface area contributed by atoms with Crippen LogP contribution in [0, 0.1) is 5.41 Å². The molecule has 0 N–H and O–H groups in total. The lowest BCUT2D eigenvalue weighted by molar-refractivity contribution is -0.149. The molecule has 0 aromatic heterocycles. The number of carbonyl (C=O) groups is 4. The summed E-state index contributed by atoms with van der Waals surface area (Å²) in [5.74, 6) is -2.69. The fourth-order valence-electron chi connectivity index (χ4n) is 3.79. The van der Waals surface area contributed by atoms with Crippen LogP contribution in [-0.2, 0) is 26.3 Å². The van der Waals surface area contributed by atoms with Gasteiger partial charge in [-0.3, -0.25) is 19.2 Å². The number of hydrogen-bond donors (Lipinski definition) is 0. The summed E-state index contributed by atoms with van der Waals surface area (Å²) in [6.07, 6.45) is 0.671. The molecular formula is C24H24O6. The van der Waals surface area contributed by atoms with Gasteiger partial charge in [-0.2, -0.15) is 0 Å². The quantitative estimate of drug-likeness (QED) is 0.431. The van der Waals surface area contributed by atoms with Gasteiger partial charge in [-0.05, 0) is 23.5 Å². The van der Waals surface area contributed by atoms with Crippen LogP contribution in [-0.4, -0.2) is 23.5 Å². The van der Waals surface area contributed by atoms with Crippen molar-refractivity contribution in [3.05, 3.63) is 64.7 Å². The van der Waals surface area contributed by atoms with Crippen molar-refractivity contribution in [1.82, 2.24) is 0 Å². The molecule has 6 nitrogen and oxygen atoms in total. The highest BCUT2D eigenvalue weighted by molar-refractivity contribution is 6.32. The second-order valence-corrected chi connectivity index (χ2v) is 8.64. The lowest BCUT2D eigenvalue weighted by atomic mass is 9.84. The van der Waals surface area contributed by atoms with Crippen LogP contribution in [0.3, 0.4) is 0 Å². The Morgan fingerprint density at radius 2 is 1.47 bits per heavy atom. The van der Waals surface area contributed by atoms with E-state index in [1.54, 1.807) is 24.3 Å². The predicted octanol–water partition coefficient (Wildman–Crippen LogP) is 4.04. The van der Waals surface area contributed by atoms with Gasteiger partial charge in [0.05, 0.1) is 5.56 Å². The first kappa shape index (κ1) is 21.4. The molecule has 1 aliphatic rings. The van der Waals surface area contributed by atoms with Gasteiger partial charge in [0.15, 0.2) is 0 Å². The van der Waals surface area contributed by atoms with E-state index in [1.165, 1.54) is 25.1 Å². The third-order valence-electron chi connectivity index (χ3n) is 4.77. The molecule has 0 amide bonds. The van der Waals surface area contributed by atoms with E-state index in [2.05, 4.69) is 20.8 Å². The number of benzene rings is 2. The fraction of sp³-hybridized carbons (Fsp3) is 0.333. The van der Waals surface area contributed by atoms with E-state index in [1.807, 2.05) is 0 Å². The van der Waals surface area contributed by atoms with Gasteiger partial charge in [0.25, 0.3) is 5.60 Å². The zero-order valence-corrected chi connectivity index (χ0v) is 17.7. The van der Waals surface area contributed by atoms with Crippen molar-refractivity contribution in [3.63, 3.8) is 0 Å². The van der Waals surface area contributed by atoms with Crippen LogP contribution in [0.2, 0.25) is 0 Å². The second kappa shape index (κ2) is 7.52. The van der Waals surface area contributed by atoms with E-state index >= 15 is 0 Å². The topological polar surface area (TPSA) is 86.7 Å². The number of ether oxygens (including phenoxy) is 2. The van der Waals surface area contributed by atoms with Gasteiger partial charge < -0.3 is 9.47 Å². The molecule has 0 aliphatic heterocycles. The van der Waals surface area contributed by atoms with Crippen LogP contribution < -0.4 is 4.74 Å². The number of esters is 2. The summed E-state index contributed by atoms with van der Waals surface area (Å²) in [6, 6.07) is 11.2.